The molecule has 0 saturated carbocycles. The number of methoxy groups -OCH3 is 1. The smallest absolute Gasteiger partial charge is 0.185 e. The van der Waals surface area contributed by atoms with Crippen LogP contribution in [0.5, 0.6) is 11.5 Å². The van der Waals surface area contributed by atoms with Crippen LogP contribution in [0.4, 0.5) is 0 Å². The molecule has 4 aromatic rings. The summed E-state index contributed by atoms with van der Waals surface area (Å²) in [5.41, 5.74) is 5.37. The number of hydrogen-bond donors (Lipinski definition) is 0. The van der Waals surface area contributed by atoms with E-state index in [2.05, 4.69) is 0 Å². The van der Waals surface area contributed by atoms with E-state index in [1.165, 1.54) is 0 Å². The van der Waals surface area contributed by atoms with Crippen LogP contribution in [0.15, 0.2) is 85.2 Å². The molecule has 0 atom stereocenters. The van der Waals surface area contributed by atoms with E-state index in [-0.39, 0.29) is 5.78 Å². The van der Waals surface area contributed by atoms with E-state index in [1.54, 1.807) is 13.2 Å². The summed E-state index contributed by atoms with van der Waals surface area (Å²) in [5, 5.41) is 0.751. The summed E-state index contributed by atoms with van der Waals surface area (Å²) in [4.78, 5) is 12.7. The molecule has 0 spiro atoms. The number of carbonyl (C=O) groups excluding carboxylic acids is 1. The number of hydrogen-bond acceptors (Lipinski definition) is 3. The minimum Gasteiger partial charge on any atom is -0.496 e. The first-order valence-corrected chi connectivity index (χ1v) is 11.3. The summed E-state index contributed by atoms with van der Waals surface area (Å²) in [7, 11) is 1.63. The number of ether oxygens (including phenoxy) is 2. The molecular weight excluding hydrogens is 446 g/mol. The Morgan fingerprint density at radius 2 is 1.65 bits per heavy atom. The van der Waals surface area contributed by atoms with Gasteiger partial charge in [0, 0.05) is 34.2 Å². The van der Waals surface area contributed by atoms with Crippen LogP contribution in [0.2, 0.25) is 5.02 Å². The summed E-state index contributed by atoms with van der Waals surface area (Å²) < 4.78 is 13.5. The van der Waals surface area contributed by atoms with Gasteiger partial charge >= 0.3 is 0 Å². The number of ketones is 1. The Morgan fingerprint density at radius 3 is 2.29 bits per heavy atom. The number of aryl methyl sites for hydroxylation is 2. The topological polar surface area (TPSA) is 40.5 Å². The maximum atomic E-state index is 12.7. The van der Waals surface area contributed by atoms with Crippen molar-refractivity contribution in [2.24, 2.45) is 0 Å². The summed E-state index contributed by atoms with van der Waals surface area (Å²) in [6.45, 7) is 4.25. The van der Waals surface area contributed by atoms with E-state index in [0.29, 0.717) is 12.2 Å². The van der Waals surface area contributed by atoms with Gasteiger partial charge in [-0.2, -0.15) is 0 Å². The second-order valence-corrected chi connectivity index (χ2v) is 8.44. The largest absolute Gasteiger partial charge is 0.496 e. The van der Waals surface area contributed by atoms with Gasteiger partial charge in [0.15, 0.2) is 5.78 Å². The standard InChI is InChI=1S/C29H26ClNO3/c1-20-16-26(17-21(2)29(20)30)34-19-24-18-22(7-13-28(24)33-3)6-12-27(32)23-8-10-25(11-9-23)31-14-4-5-15-31/h4-18H,19H2,1-3H3/b12-6+. The number of aromatic nitrogens is 1. The van der Waals surface area contributed by atoms with Gasteiger partial charge in [-0.1, -0.05) is 23.7 Å². The van der Waals surface area contributed by atoms with E-state index in [0.717, 1.165) is 44.5 Å². The Balaban J connectivity index is 1.47. The molecule has 0 fully saturated rings. The van der Waals surface area contributed by atoms with Crippen LogP contribution in [-0.4, -0.2) is 17.5 Å². The molecule has 0 aliphatic heterocycles. The van der Waals surface area contributed by atoms with Crippen molar-refractivity contribution >= 4 is 23.5 Å². The molecule has 4 rings (SSSR count). The molecule has 0 unspecified atom stereocenters. The van der Waals surface area contributed by atoms with Gasteiger partial charge < -0.3 is 14.0 Å². The third-order valence-corrected chi connectivity index (χ3v) is 6.19. The van der Waals surface area contributed by atoms with Crippen molar-refractivity contribution in [3.8, 4) is 17.2 Å². The molecule has 0 aliphatic carbocycles. The van der Waals surface area contributed by atoms with Crippen LogP contribution in [0.3, 0.4) is 0 Å². The molecule has 1 heterocycles. The Labute approximate surface area is 205 Å². The average molecular weight is 472 g/mol. The van der Waals surface area contributed by atoms with Gasteiger partial charge in [-0.05, 0) is 97.3 Å². The lowest BCUT2D eigenvalue weighted by Gasteiger charge is -2.13. The average Bonchev–Trinajstić information content (AvgIpc) is 3.39. The van der Waals surface area contributed by atoms with Crippen molar-refractivity contribution in [3.05, 3.63) is 118 Å². The third-order valence-electron chi connectivity index (χ3n) is 5.59. The molecule has 5 heteroatoms. The van der Waals surface area contributed by atoms with Crippen molar-refractivity contribution in [1.29, 1.82) is 0 Å². The zero-order chi connectivity index (χ0) is 24.1. The Bertz CT molecular complexity index is 1300. The molecule has 3 aromatic carbocycles. The van der Waals surface area contributed by atoms with Crippen molar-refractivity contribution in [2.75, 3.05) is 7.11 Å². The molecule has 4 nitrogen and oxygen atoms in total. The summed E-state index contributed by atoms with van der Waals surface area (Å²) in [6.07, 6.45) is 7.33. The summed E-state index contributed by atoms with van der Waals surface area (Å²) >= 11 is 6.26. The zero-order valence-corrected chi connectivity index (χ0v) is 20.2. The molecule has 0 radical (unpaired) electrons. The number of nitrogens with zero attached hydrogens (tertiary/aromatic N) is 1. The number of allylic oxidation sites excluding steroid dienone is 1. The predicted octanol–water partition coefficient (Wildman–Crippen LogP) is 7.23. The lowest BCUT2D eigenvalue weighted by atomic mass is 10.1. The summed E-state index contributed by atoms with van der Waals surface area (Å²) in [5.74, 6) is 1.42. The van der Waals surface area contributed by atoms with Gasteiger partial charge in [-0.25, -0.2) is 0 Å². The van der Waals surface area contributed by atoms with Crippen LogP contribution >= 0.6 is 11.6 Å². The van der Waals surface area contributed by atoms with Crippen LogP contribution in [0.1, 0.15) is 32.6 Å². The molecule has 172 valence electrons. The fourth-order valence-corrected chi connectivity index (χ4v) is 3.85. The van der Waals surface area contributed by atoms with Gasteiger partial charge in [-0.3, -0.25) is 4.79 Å². The van der Waals surface area contributed by atoms with Crippen molar-refractivity contribution < 1.29 is 14.3 Å². The quantitative estimate of drug-likeness (QED) is 0.201. The summed E-state index contributed by atoms with van der Waals surface area (Å²) in [6, 6.07) is 21.1. The molecule has 0 aliphatic rings. The van der Waals surface area contributed by atoms with Crippen molar-refractivity contribution in [3.63, 3.8) is 0 Å². The first kappa shape index (κ1) is 23.4. The fraction of sp³-hybridized carbons (Fsp3) is 0.138. The predicted molar refractivity (Wildman–Crippen MR) is 137 cm³/mol. The number of benzene rings is 3. The Hall–Kier alpha value is -3.76. The molecule has 1 aromatic heterocycles. The number of halogens is 1. The van der Waals surface area contributed by atoms with Gasteiger partial charge in [0.05, 0.1) is 7.11 Å². The van der Waals surface area contributed by atoms with Gasteiger partial charge in [0.25, 0.3) is 0 Å². The molecule has 0 amide bonds. The normalized spacial score (nSPS) is 11.1. The zero-order valence-electron chi connectivity index (χ0n) is 19.4. The second-order valence-electron chi connectivity index (χ2n) is 8.07. The van der Waals surface area contributed by atoms with Gasteiger partial charge in [-0.15, -0.1) is 0 Å². The maximum absolute atomic E-state index is 12.7. The minimum absolute atomic E-state index is 0.0558. The highest BCUT2D eigenvalue weighted by molar-refractivity contribution is 6.32. The van der Waals surface area contributed by atoms with Crippen molar-refractivity contribution in [1.82, 2.24) is 4.57 Å². The molecular formula is C29H26ClNO3. The lowest BCUT2D eigenvalue weighted by Crippen LogP contribution is -2.00. The van der Waals surface area contributed by atoms with E-state index < -0.39 is 0 Å². The molecule has 0 saturated heterocycles. The SMILES string of the molecule is COc1ccc(/C=C/C(=O)c2ccc(-n3cccc3)cc2)cc1COc1cc(C)c(Cl)c(C)c1. The van der Waals surface area contributed by atoms with Crippen LogP contribution in [0, 0.1) is 13.8 Å². The van der Waals surface area contributed by atoms with E-state index in [9.17, 15) is 4.79 Å². The van der Waals surface area contributed by atoms with Crippen LogP contribution < -0.4 is 9.47 Å². The second kappa shape index (κ2) is 10.4. The van der Waals surface area contributed by atoms with E-state index in [1.807, 2.05) is 104 Å². The molecule has 0 N–H and O–H groups in total. The monoisotopic (exact) mass is 471 g/mol. The Morgan fingerprint density at radius 1 is 0.971 bits per heavy atom. The highest BCUT2D eigenvalue weighted by Crippen LogP contribution is 2.28. The highest BCUT2D eigenvalue weighted by Gasteiger charge is 2.08. The highest BCUT2D eigenvalue weighted by atomic mass is 35.5. The minimum atomic E-state index is -0.0558. The number of carbonyl (C=O) groups is 1. The first-order chi connectivity index (χ1) is 16.4. The number of rotatable bonds is 8. The van der Waals surface area contributed by atoms with Gasteiger partial charge in [0.2, 0.25) is 0 Å². The molecule has 0 bridgehead atoms. The fourth-order valence-electron chi connectivity index (χ4n) is 3.74. The van der Waals surface area contributed by atoms with Crippen LogP contribution in [0.25, 0.3) is 11.8 Å². The maximum Gasteiger partial charge on any atom is 0.185 e. The van der Waals surface area contributed by atoms with E-state index >= 15 is 0 Å². The van der Waals surface area contributed by atoms with Crippen molar-refractivity contribution in [2.45, 2.75) is 20.5 Å². The van der Waals surface area contributed by atoms with E-state index in [4.69, 9.17) is 21.1 Å². The Kier molecular flexibility index (Phi) is 7.19. The van der Waals surface area contributed by atoms with Crippen LogP contribution in [-0.2, 0) is 6.61 Å². The molecule has 34 heavy (non-hydrogen) atoms. The first-order valence-electron chi connectivity index (χ1n) is 11.0. The third kappa shape index (κ3) is 5.41. The van der Waals surface area contributed by atoms with Gasteiger partial charge in [0.1, 0.15) is 18.1 Å². The lowest BCUT2D eigenvalue weighted by molar-refractivity contribution is 0.104.